The number of nitrogens with one attached hydrogen (secondary N) is 2. The average Bonchev–Trinajstić information content (AvgIpc) is 2.71. The zero-order chi connectivity index (χ0) is 13.0. The number of guanidine groups is 1. The second-order valence-electron chi connectivity index (χ2n) is 3.84. The Bertz CT molecular complexity index is 476. The molecule has 1 aromatic carbocycles. The van der Waals surface area contributed by atoms with Crippen LogP contribution in [0.5, 0.6) is 0 Å². The number of hydrogen-bond donors (Lipinski definition) is 2. The highest BCUT2D eigenvalue weighted by Gasteiger charge is 2.29. The number of halogens is 1. The van der Waals surface area contributed by atoms with E-state index in [2.05, 4.69) is 15.6 Å². The molecule has 1 amide bonds. The van der Waals surface area contributed by atoms with Crippen molar-refractivity contribution in [2.24, 2.45) is 4.99 Å². The predicted molar refractivity (Wildman–Crippen MR) is 69.6 cm³/mol. The smallest absolute Gasteiger partial charge is 0.253 e. The second kappa shape index (κ2) is 5.84. The summed E-state index contributed by atoms with van der Waals surface area (Å²) in [6.45, 7) is 1.02. The van der Waals surface area contributed by atoms with Crippen molar-refractivity contribution < 1.29 is 9.53 Å². The zero-order valence-corrected chi connectivity index (χ0v) is 10.7. The van der Waals surface area contributed by atoms with E-state index in [1.807, 2.05) is 12.1 Å². The first-order chi connectivity index (χ1) is 8.70. The van der Waals surface area contributed by atoms with Gasteiger partial charge in [0.25, 0.3) is 5.91 Å². The minimum atomic E-state index is -0.440. The standard InChI is InChI=1S/C12H14ClN3O2/c1-18-6-5-14-12-15-10(11(17)16-12)8-3-2-4-9(13)7-8/h2-4,7,10H,5-6H2,1H3,(H2,14,15,16,17). The molecule has 0 saturated carbocycles. The maximum atomic E-state index is 11.8. The molecule has 1 fully saturated rings. The molecule has 1 unspecified atom stereocenters. The van der Waals surface area contributed by atoms with Crippen LogP contribution in [0.4, 0.5) is 0 Å². The lowest BCUT2D eigenvalue weighted by atomic mass is 10.1. The molecule has 1 heterocycles. The van der Waals surface area contributed by atoms with Gasteiger partial charge in [0.05, 0.1) is 13.2 Å². The second-order valence-corrected chi connectivity index (χ2v) is 4.28. The molecule has 0 bridgehead atoms. The molecule has 96 valence electrons. The Morgan fingerprint density at radius 2 is 2.33 bits per heavy atom. The fourth-order valence-corrected chi connectivity index (χ4v) is 1.88. The van der Waals surface area contributed by atoms with Gasteiger partial charge in [0, 0.05) is 12.1 Å². The lowest BCUT2D eigenvalue weighted by molar-refractivity contribution is -0.120. The molecular weight excluding hydrogens is 254 g/mol. The highest BCUT2D eigenvalue weighted by molar-refractivity contribution is 6.30. The Morgan fingerprint density at radius 1 is 1.50 bits per heavy atom. The highest BCUT2D eigenvalue weighted by Crippen LogP contribution is 2.20. The summed E-state index contributed by atoms with van der Waals surface area (Å²) in [5.41, 5.74) is 0.817. The lowest BCUT2D eigenvalue weighted by Gasteiger charge is -2.08. The van der Waals surface area contributed by atoms with Crippen molar-refractivity contribution in [3.63, 3.8) is 0 Å². The van der Waals surface area contributed by atoms with Crippen molar-refractivity contribution in [3.8, 4) is 0 Å². The Kier molecular flexibility index (Phi) is 4.17. The Labute approximate surface area is 110 Å². The molecule has 1 saturated heterocycles. The Balaban J connectivity index is 2.07. The van der Waals surface area contributed by atoms with Gasteiger partial charge in [-0.15, -0.1) is 0 Å². The monoisotopic (exact) mass is 267 g/mol. The molecule has 0 spiro atoms. The summed E-state index contributed by atoms with van der Waals surface area (Å²) < 4.78 is 4.89. The third-order valence-electron chi connectivity index (χ3n) is 2.53. The van der Waals surface area contributed by atoms with Crippen LogP contribution in [-0.2, 0) is 9.53 Å². The van der Waals surface area contributed by atoms with Crippen molar-refractivity contribution in [1.82, 2.24) is 10.6 Å². The summed E-state index contributed by atoms with van der Waals surface area (Å²) in [6, 6.07) is 6.75. The summed E-state index contributed by atoms with van der Waals surface area (Å²) in [5.74, 6) is 0.343. The number of ether oxygens (including phenoxy) is 1. The molecule has 1 aliphatic rings. The molecule has 18 heavy (non-hydrogen) atoms. The van der Waals surface area contributed by atoms with Crippen LogP contribution in [-0.4, -0.2) is 32.1 Å². The molecule has 1 aliphatic heterocycles. The molecule has 6 heteroatoms. The van der Waals surface area contributed by atoms with Crippen LogP contribution < -0.4 is 10.6 Å². The van der Waals surface area contributed by atoms with Gasteiger partial charge in [0.2, 0.25) is 0 Å². The van der Waals surface area contributed by atoms with Crippen molar-refractivity contribution >= 4 is 23.5 Å². The molecule has 0 aliphatic carbocycles. The van der Waals surface area contributed by atoms with E-state index in [4.69, 9.17) is 16.3 Å². The molecule has 2 N–H and O–H groups in total. The van der Waals surface area contributed by atoms with Crippen LogP contribution in [0.25, 0.3) is 0 Å². The lowest BCUT2D eigenvalue weighted by Crippen LogP contribution is -2.26. The number of amides is 1. The Morgan fingerprint density at radius 3 is 3.06 bits per heavy atom. The van der Waals surface area contributed by atoms with Crippen LogP contribution in [0.15, 0.2) is 29.3 Å². The van der Waals surface area contributed by atoms with Crippen LogP contribution in [0.1, 0.15) is 11.6 Å². The van der Waals surface area contributed by atoms with Crippen LogP contribution in [0, 0.1) is 0 Å². The van der Waals surface area contributed by atoms with E-state index in [0.29, 0.717) is 24.1 Å². The first-order valence-corrected chi connectivity index (χ1v) is 5.95. The Hall–Kier alpha value is -1.59. The minimum Gasteiger partial charge on any atom is -0.383 e. The van der Waals surface area contributed by atoms with Gasteiger partial charge in [-0.1, -0.05) is 23.7 Å². The number of nitrogens with zero attached hydrogens (tertiary/aromatic N) is 1. The van der Waals surface area contributed by atoms with Crippen molar-refractivity contribution in [1.29, 1.82) is 0 Å². The number of aliphatic imine (C=N–C) groups is 1. The topological polar surface area (TPSA) is 62.7 Å². The van der Waals surface area contributed by atoms with Crippen LogP contribution in [0.2, 0.25) is 5.02 Å². The van der Waals surface area contributed by atoms with Gasteiger partial charge < -0.3 is 10.1 Å². The highest BCUT2D eigenvalue weighted by atomic mass is 35.5. The SMILES string of the molecule is COCCN=C1NC(=O)C(c2cccc(Cl)c2)N1. The van der Waals surface area contributed by atoms with Gasteiger partial charge in [0.1, 0.15) is 6.04 Å². The molecule has 1 aromatic rings. The quantitative estimate of drug-likeness (QED) is 0.803. The van der Waals surface area contributed by atoms with E-state index in [1.165, 1.54) is 0 Å². The summed E-state index contributed by atoms with van der Waals surface area (Å²) in [7, 11) is 1.61. The van der Waals surface area contributed by atoms with E-state index >= 15 is 0 Å². The predicted octanol–water partition coefficient (Wildman–Crippen LogP) is 1.10. The third-order valence-corrected chi connectivity index (χ3v) is 2.77. The maximum Gasteiger partial charge on any atom is 0.253 e. The first kappa shape index (κ1) is 12.9. The maximum absolute atomic E-state index is 11.8. The van der Waals surface area contributed by atoms with Gasteiger partial charge >= 0.3 is 0 Å². The fraction of sp³-hybridized carbons (Fsp3) is 0.333. The number of benzene rings is 1. The largest absolute Gasteiger partial charge is 0.383 e. The van der Waals surface area contributed by atoms with Gasteiger partial charge in [0.15, 0.2) is 5.96 Å². The average molecular weight is 268 g/mol. The van der Waals surface area contributed by atoms with Gasteiger partial charge in [-0.25, -0.2) is 0 Å². The number of rotatable bonds is 4. The molecule has 0 radical (unpaired) electrons. The normalized spacial score (nSPS) is 20.9. The van der Waals surface area contributed by atoms with Crippen molar-refractivity contribution in [3.05, 3.63) is 34.9 Å². The number of methoxy groups -OCH3 is 1. The van der Waals surface area contributed by atoms with Gasteiger partial charge in [-0.2, -0.15) is 0 Å². The summed E-state index contributed by atoms with van der Waals surface area (Å²) in [4.78, 5) is 16.0. The molecular formula is C12H14ClN3O2. The van der Waals surface area contributed by atoms with Gasteiger partial charge in [-0.3, -0.25) is 15.1 Å². The van der Waals surface area contributed by atoms with E-state index in [-0.39, 0.29) is 5.91 Å². The molecule has 0 aromatic heterocycles. The van der Waals surface area contributed by atoms with Crippen LogP contribution >= 0.6 is 11.6 Å². The number of hydrogen-bond acceptors (Lipinski definition) is 3. The summed E-state index contributed by atoms with van der Waals surface area (Å²) in [6.07, 6.45) is 0. The summed E-state index contributed by atoms with van der Waals surface area (Å²) >= 11 is 5.90. The zero-order valence-electron chi connectivity index (χ0n) is 9.94. The first-order valence-electron chi connectivity index (χ1n) is 5.57. The summed E-state index contributed by atoms with van der Waals surface area (Å²) in [5, 5.41) is 6.30. The van der Waals surface area contributed by atoms with Crippen molar-refractivity contribution in [2.45, 2.75) is 6.04 Å². The molecule has 2 rings (SSSR count). The number of carbonyl (C=O) groups excluding carboxylic acids is 1. The minimum absolute atomic E-state index is 0.131. The van der Waals surface area contributed by atoms with E-state index < -0.39 is 6.04 Å². The molecule has 1 atom stereocenters. The van der Waals surface area contributed by atoms with E-state index in [9.17, 15) is 4.79 Å². The van der Waals surface area contributed by atoms with E-state index in [0.717, 1.165) is 5.56 Å². The van der Waals surface area contributed by atoms with Gasteiger partial charge in [-0.05, 0) is 17.7 Å². The van der Waals surface area contributed by atoms with E-state index in [1.54, 1.807) is 19.2 Å². The van der Waals surface area contributed by atoms with Crippen molar-refractivity contribution in [2.75, 3.05) is 20.3 Å². The number of carbonyl (C=O) groups is 1. The fourth-order valence-electron chi connectivity index (χ4n) is 1.68. The van der Waals surface area contributed by atoms with Crippen LogP contribution in [0.3, 0.4) is 0 Å². The molecule has 5 nitrogen and oxygen atoms in total. The third kappa shape index (κ3) is 3.00.